The van der Waals surface area contributed by atoms with Crippen molar-refractivity contribution in [2.45, 2.75) is 13.3 Å². The maximum atomic E-state index is 12.0. The van der Waals surface area contributed by atoms with Crippen LogP contribution in [0.25, 0.3) is 11.0 Å². The van der Waals surface area contributed by atoms with Gasteiger partial charge in [-0.05, 0) is 24.6 Å². The molecule has 0 unspecified atom stereocenters. The van der Waals surface area contributed by atoms with E-state index >= 15 is 0 Å². The Hall–Kier alpha value is -2.55. The number of aromatic hydroxyl groups is 1. The molecule has 20 heavy (non-hydrogen) atoms. The number of hydrogen-bond acceptors (Lipinski definition) is 3. The van der Waals surface area contributed by atoms with Gasteiger partial charge in [-0.1, -0.05) is 42.0 Å². The van der Waals surface area contributed by atoms with Gasteiger partial charge in [0.2, 0.25) is 0 Å². The van der Waals surface area contributed by atoms with Crippen molar-refractivity contribution in [3.05, 3.63) is 75.6 Å². The average Bonchev–Trinajstić information content (AvgIpc) is 2.46. The second-order valence-electron chi connectivity index (χ2n) is 4.88. The highest BCUT2D eigenvalue weighted by atomic mass is 16.4. The summed E-state index contributed by atoms with van der Waals surface area (Å²) in [6.45, 7) is 1.93. The fourth-order valence-corrected chi connectivity index (χ4v) is 2.29. The minimum atomic E-state index is -0.484. The second kappa shape index (κ2) is 4.85. The summed E-state index contributed by atoms with van der Waals surface area (Å²) in [7, 11) is 0. The van der Waals surface area contributed by atoms with E-state index in [0.29, 0.717) is 23.0 Å². The maximum absolute atomic E-state index is 12.0. The van der Waals surface area contributed by atoms with Crippen molar-refractivity contribution in [1.82, 2.24) is 0 Å². The van der Waals surface area contributed by atoms with Gasteiger partial charge in [0.25, 0.3) is 0 Å². The van der Waals surface area contributed by atoms with Crippen molar-refractivity contribution < 1.29 is 9.52 Å². The summed E-state index contributed by atoms with van der Waals surface area (Å²) in [6.07, 6.45) is 0.360. The van der Waals surface area contributed by atoms with Crippen LogP contribution >= 0.6 is 0 Å². The molecule has 3 rings (SSSR count). The average molecular weight is 266 g/mol. The van der Waals surface area contributed by atoms with Crippen LogP contribution in [0.3, 0.4) is 0 Å². The molecule has 3 heteroatoms. The predicted molar refractivity (Wildman–Crippen MR) is 78.1 cm³/mol. The summed E-state index contributed by atoms with van der Waals surface area (Å²) >= 11 is 0. The van der Waals surface area contributed by atoms with Crippen LogP contribution in [0.2, 0.25) is 0 Å². The molecule has 0 aliphatic heterocycles. The van der Waals surface area contributed by atoms with Crippen molar-refractivity contribution in [2.75, 3.05) is 0 Å². The Labute approximate surface area is 116 Å². The molecule has 0 radical (unpaired) electrons. The molecule has 0 atom stereocenters. The summed E-state index contributed by atoms with van der Waals surface area (Å²) < 4.78 is 5.29. The smallest absolute Gasteiger partial charge is 0.343 e. The zero-order valence-electron chi connectivity index (χ0n) is 11.1. The zero-order valence-corrected chi connectivity index (χ0v) is 11.1. The summed E-state index contributed by atoms with van der Waals surface area (Å²) in [5, 5.41) is 10.9. The molecular weight excluding hydrogens is 252 g/mol. The molecule has 0 aliphatic carbocycles. The third kappa shape index (κ3) is 2.18. The van der Waals surface area contributed by atoms with E-state index in [1.165, 1.54) is 0 Å². The molecule has 0 saturated heterocycles. The fourth-order valence-electron chi connectivity index (χ4n) is 2.29. The summed E-state index contributed by atoms with van der Waals surface area (Å²) in [5.41, 5.74) is 2.20. The molecule has 1 N–H and O–H groups in total. The Morgan fingerprint density at radius 3 is 2.60 bits per heavy atom. The maximum Gasteiger partial charge on any atom is 0.343 e. The van der Waals surface area contributed by atoms with Gasteiger partial charge >= 0.3 is 5.63 Å². The van der Waals surface area contributed by atoms with E-state index in [0.717, 1.165) is 11.1 Å². The van der Waals surface area contributed by atoms with Gasteiger partial charge in [-0.2, -0.15) is 0 Å². The quantitative estimate of drug-likeness (QED) is 0.723. The SMILES string of the molecule is Cc1ccc2oc(=O)c(Cc3ccccc3)c(O)c2c1. The fraction of sp³-hybridized carbons (Fsp3) is 0.118. The minimum Gasteiger partial charge on any atom is -0.507 e. The normalized spacial score (nSPS) is 10.8. The highest BCUT2D eigenvalue weighted by molar-refractivity contribution is 5.84. The van der Waals surface area contributed by atoms with E-state index < -0.39 is 5.63 Å². The molecule has 0 aliphatic rings. The number of benzene rings is 2. The molecule has 0 amide bonds. The molecule has 3 aromatic rings. The van der Waals surface area contributed by atoms with Crippen molar-refractivity contribution in [1.29, 1.82) is 0 Å². The molecule has 1 heterocycles. The first-order valence-electron chi connectivity index (χ1n) is 6.44. The highest BCUT2D eigenvalue weighted by Crippen LogP contribution is 2.28. The predicted octanol–water partition coefficient (Wildman–Crippen LogP) is 3.40. The lowest BCUT2D eigenvalue weighted by Gasteiger charge is -2.07. The Kier molecular flexibility index (Phi) is 3.03. The first-order chi connectivity index (χ1) is 9.65. The van der Waals surface area contributed by atoms with Gasteiger partial charge in [0.15, 0.2) is 0 Å². The molecule has 0 spiro atoms. The Morgan fingerprint density at radius 2 is 1.85 bits per heavy atom. The molecule has 1 aromatic heterocycles. The lowest BCUT2D eigenvalue weighted by atomic mass is 10.0. The Bertz CT molecular complexity index is 817. The third-order valence-corrected chi connectivity index (χ3v) is 3.35. The van der Waals surface area contributed by atoms with Crippen LogP contribution in [0.15, 0.2) is 57.7 Å². The Balaban J connectivity index is 2.18. The largest absolute Gasteiger partial charge is 0.507 e. The molecule has 100 valence electrons. The van der Waals surface area contributed by atoms with Gasteiger partial charge in [-0.15, -0.1) is 0 Å². The van der Waals surface area contributed by atoms with Crippen LogP contribution < -0.4 is 5.63 Å². The molecule has 2 aromatic carbocycles. The van der Waals surface area contributed by atoms with Crippen molar-refractivity contribution >= 4 is 11.0 Å². The van der Waals surface area contributed by atoms with Gasteiger partial charge in [0.05, 0.1) is 10.9 Å². The summed E-state index contributed by atoms with van der Waals surface area (Å²) in [6, 6.07) is 14.9. The van der Waals surface area contributed by atoms with E-state index in [1.807, 2.05) is 49.4 Å². The second-order valence-corrected chi connectivity index (χ2v) is 4.88. The van der Waals surface area contributed by atoms with E-state index in [2.05, 4.69) is 0 Å². The van der Waals surface area contributed by atoms with Gasteiger partial charge in [-0.25, -0.2) is 4.79 Å². The van der Waals surface area contributed by atoms with Gasteiger partial charge in [0, 0.05) is 6.42 Å². The first kappa shape index (κ1) is 12.5. The standard InChI is InChI=1S/C17H14O3/c1-11-7-8-15-13(9-11)16(18)14(17(19)20-15)10-12-5-3-2-4-6-12/h2-9,18H,10H2,1H3. The summed E-state index contributed by atoms with van der Waals surface area (Å²) in [5.74, 6) is 0.0174. The van der Waals surface area contributed by atoms with Crippen LogP contribution in [0.5, 0.6) is 5.75 Å². The van der Waals surface area contributed by atoms with Crippen LogP contribution in [-0.2, 0) is 6.42 Å². The Morgan fingerprint density at radius 1 is 1.10 bits per heavy atom. The minimum absolute atomic E-state index is 0.0174. The van der Waals surface area contributed by atoms with Crippen molar-refractivity contribution in [3.8, 4) is 5.75 Å². The van der Waals surface area contributed by atoms with E-state index in [4.69, 9.17) is 4.42 Å². The first-order valence-corrected chi connectivity index (χ1v) is 6.44. The third-order valence-electron chi connectivity index (χ3n) is 3.35. The molecule has 3 nitrogen and oxygen atoms in total. The number of hydrogen-bond donors (Lipinski definition) is 1. The number of fused-ring (bicyclic) bond motifs is 1. The number of aryl methyl sites for hydroxylation is 1. The zero-order chi connectivity index (χ0) is 14.1. The lowest BCUT2D eigenvalue weighted by Crippen LogP contribution is -2.08. The van der Waals surface area contributed by atoms with Crippen molar-refractivity contribution in [2.24, 2.45) is 0 Å². The van der Waals surface area contributed by atoms with E-state index in [-0.39, 0.29) is 5.75 Å². The monoisotopic (exact) mass is 266 g/mol. The van der Waals surface area contributed by atoms with Crippen LogP contribution in [0.4, 0.5) is 0 Å². The van der Waals surface area contributed by atoms with Gasteiger partial charge < -0.3 is 9.52 Å². The van der Waals surface area contributed by atoms with Crippen LogP contribution in [-0.4, -0.2) is 5.11 Å². The highest BCUT2D eigenvalue weighted by Gasteiger charge is 2.14. The topological polar surface area (TPSA) is 50.4 Å². The van der Waals surface area contributed by atoms with Crippen LogP contribution in [0.1, 0.15) is 16.7 Å². The number of rotatable bonds is 2. The van der Waals surface area contributed by atoms with Crippen LogP contribution in [0, 0.1) is 6.92 Å². The van der Waals surface area contributed by atoms with Crippen molar-refractivity contribution in [3.63, 3.8) is 0 Å². The lowest BCUT2D eigenvalue weighted by molar-refractivity contribution is 0.458. The van der Waals surface area contributed by atoms with E-state index in [1.54, 1.807) is 6.07 Å². The van der Waals surface area contributed by atoms with Gasteiger partial charge in [0.1, 0.15) is 11.3 Å². The molecule has 0 bridgehead atoms. The molecular formula is C17H14O3. The summed E-state index contributed by atoms with van der Waals surface area (Å²) in [4.78, 5) is 12.0. The molecule has 0 fully saturated rings. The van der Waals surface area contributed by atoms with Gasteiger partial charge in [-0.3, -0.25) is 0 Å². The van der Waals surface area contributed by atoms with E-state index in [9.17, 15) is 9.90 Å². The molecule has 0 saturated carbocycles.